The summed E-state index contributed by atoms with van der Waals surface area (Å²) in [4.78, 5) is 22.9. The lowest BCUT2D eigenvalue weighted by atomic mass is 10.2. The number of amides is 2. The second-order valence-corrected chi connectivity index (χ2v) is 4.28. The largest absolute Gasteiger partial charge is 0.392 e. The molecule has 3 N–H and O–H groups in total. The van der Waals surface area contributed by atoms with Crippen LogP contribution in [0.15, 0.2) is 24.3 Å². The maximum Gasteiger partial charge on any atom is 0.251 e. The molecule has 98 valence electrons. The first-order valence-electron chi connectivity index (χ1n) is 5.47. The lowest BCUT2D eigenvalue weighted by Crippen LogP contribution is -2.39. The normalized spacial score (nSPS) is 11.7. The summed E-state index contributed by atoms with van der Waals surface area (Å²) in [6.07, 6.45) is -0.613. The fourth-order valence-corrected chi connectivity index (χ4v) is 1.41. The molecule has 0 bridgehead atoms. The number of aliphatic hydroxyl groups excluding tert-OH is 1. The molecule has 0 spiro atoms. The number of carbonyl (C=O) groups is 2. The summed E-state index contributed by atoms with van der Waals surface area (Å²) in [5, 5.41) is 14.4. The molecule has 0 fully saturated rings. The van der Waals surface area contributed by atoms with Crippen molar-refractivity contribution in [1.29, 1.82) is 0 Å². The molecule has 0 aliphatic heterocycles. The van der Waals surface area contributed by atoms with E-state index in [1.54, 1.807) is 25.1 Å². The summed E-state index contributed by atoms with van der Waals surface area (Å²) in [5.41, 5.74) is 0.394. The van der Waals surface area contributed by atoms with Gasteiger partial charge in [0, 0.05) is 17.1 Å². The zero-order valence-corrected chi connectivity index (χ0v) is 10.7. The Morgan fingerprint density at radius 3 is 2.72 bits per heavy atom. The Balaban J connectivity index is 2.39. The van der Waals surface area contributed by atoms with Crippen LogP contribution in [0.2, 0.25) is 5.02 Å². The minimum atomic E-state index is -0.613. The van der Waals surface area contributed by atoms with Gasteiger partial charge in [0.05, 0.1) is 12.6 Å². The van der Waals surface area contributed by atoms with E-state index in [9.17, 15) is 9.59 Å². The summed E-state index contributed by atoms with van der Waals surface area (Å²) in [6, 6.07) is 6.44. The zero-order chi connectivity index (χ0) is 13.5. The Kier molecular flexibility index (Phi) is 5.61. The van der Waals surface area contributed by atoms with Crippen LogP contribution in [0.25, 0.3) is 0 Å². The third-order valence-electron chi connectivity index (χ3n) is 2.09. The Hall–Kier alpha value is -1.59. The van der Waals surface area contributed by atoms with Crippen molar-refractivity contribution in [1.82, 2.24) is 10.6 Å². The van der Waals surface area contributed by atoms with Gasteiger partial charge in [0.1, 0.15) is 0 Å². The molecule has 0 aromatic heterocycles. The van der Waals surface area contributed by atoms with Crippen molar-refractivity contribution in [2.75, 3.05) is 13.1 Å². The number of benzene rings is 1. The van der Waals surface area contributed by atoms with Crippen LogP contribution in [0.3, 0.4) is 0 Å². The van der Waals surface area contributed by atoms with E-state index in [1.807, 2.05) is 0 Å². The third-order valence-corrected chi connectivity index (χ3v) is 2.33. The van der Waals surface area contributed by atoms with Crippen LogP contribution in [0.4, 0.5) is 0 Å². The lowest BCUT2D eigenvalue weighted by Gasteiger charge is -2.08. The molecule has 0 aliphatic rings. The maximum absolute atomic E-state index is 11.6. The highest BCUT2D eigenvalue weighted by atomic mass is 35.5. The molecule has 0 radical (unpaired) electrons. The fraction of sp³-hybridized carbons (Fsp3) is 0.333. The summed E-state index contributed by atoms with van der Waals surface area (Å²) >= 11 is 5.75. The van der Waals surface area contributed by atoms with Crippen LogP contribution < -0.4 is 10.6 Å². The highest BCUT2D eigenvalue weighted by Gasteiger charge is 2.08. The molecule has 0 heterocycles. The van der Waals surface area contributed by atoms with Crippen LogP contribution in [0.5, 0.6) is 0 Å². The molecule has 1 aromatic carbocycles. The topological polar surface area (TPSA) is 78.4 Å². The van der Waals surface area contributed by atoms with Crippen LogP contribution >= 0.6 is 11.6 Å². The van der Waals surface area contributed by atoms with E-state index in [-0.39, 0.29) is 24.9 Å². The van der Waals surface area contributed by atoms with E-state index >= 15 is 0 Å². The SMILES string of the molecule is C[C@@H](O)CNC(=O)CNC(=O)c1cccc(Cl)c1. The average Bonchev–Trinajstić information content (AvgIpc) is 2.33. The van der Waals surface area contributed by atoms with E-state index in [2.05, 4.69) is 10.6 Å². The third kappa shape index (κ3) is 5.16. The molecule has 0 saturated heterocycles. The first-order valence-corrected chi connectivity index (χ1v) is 5.85. The van der Waals surface area contributed by atoms with E-state index in [0.717, 1.165) is 0 Å². The second kappa shape index (κ2) is 6.98. The van der Waals surface area contributed by atoms with Crippen molar-refractivity contribution >= 4 is 23.4 Å². The Morgan fingerprint density at radius 1 is 1.39 bits per heavy atom. The van der Waals surface area contributed by atoms with Crippen LogP contribution in [-0.4, -0.2) is 36.1 Å². The molecule has 5 nitrogen and oxygen atoms in total. The zero-order valence-electron chi connectivity index (χ0n) is 9.94. The van der Waals surface area contributed by atoms with Crippen molar-refractivity contribution in [2.24, 2.45) is 0 Å². The van der Waals surface area contributed by atoms with Crippen molar-refractivity contribution in [3.63, 3.8) is 0 Å². The molecule has 0 saturated carbocycles. The first-order chi connectivity index (χ1) is 8.49. The Labute approximate surface area is 110 Å². The number of carbonyl (C=O) groups excluding carboxylic acids is 2. The Bertz CT molecular complexity index is 435. The van der Waals surface area contributed by atoms with Gasteiger partial charge >= 0.3 is 0 Å². The smallest absolute Gasteiger partial charge is 0.251 e. The highest BCUT2D eigenvalue weighted by molar-refractivity contribution is 6.30. The molecular formula is C12H15ClN2O3. The van der Waals surface area contributed by atoms with Gasteiger partial charge in [-0.1, -0.05) is 17.7 Å². The molecule has 0 unspecified atom stereocenters. The van der Waals surface area contributed by atoms with E-state index in [4.69, 9.17) is 16.7 Å². The van der Waals surface area contributed by atoms with Crippen LogP contribution in [0, 0.1) is 0 Å². The summed E-state index contributed by atoms with van der Waals surface area (Å²) < 4.78 is 0. The van der Waals surface area contributed by atoms with Gasteiger partial charge < -0.3 is 15.7 Å². The van der Waals surface area contributed by atoms with Gasteiger partial charge in [0.25, 0.3) is 5.91 Å². The molecule has 1 rings (SSSR count). The molecule has 1 aromatic rings. The number of hydrogen-bond donors (Lipinski definition) is 3. The number of nitrogens with one attached hydrogen (secondary N) is 2. The lowest BCUT2D eigenvalue weighted by molar-refractivity contribution is -0.120. The molecule has 18 heavy (non-hydrogen) atoms. The molecular weight excluding hydrogens is 256 g/mol. The van der Waals surface area contributed by atoms with Gasteiger partial charge in [-0.15, -0.1) is 0 Å². The predicted octanol–water partition coefficient (Wildman–Crippen LogP) is 0.567. The van der Waals surface area contributed by atoms with Gasteiger partial charge in [-0.25, -0.2) is 0 Å². The van der Waals surface area contributed by atoms with Crippen molar-refractivity contribution in [3.05, 3.63) is 34.9 Å². The standard InChI is InChI=1S/C12H15ClN2O3/c1-8(16)6-14-11(17)7-15-12(18)9-3-2-4-10(13)5-9/h2-5,8,16H,6-7H2,1H3,(H,14,17)(H,15,18)/t8-/m1/s1. The van der Waals surface area contributed by atoms with E-state index in [0.29, 0.717) is 10.6 Å². The summed E-state index contributed by atoms with van der Waals surface area (Å²) in [7, 11) is 0. The van der Waals surface area contributed by atoms with Gasteiger partial charge in [-0.3, -0.25) is 9.59 Å². The molecule has 2 amide bonds. The van der Waals surface area contributed by atoms with Gasteiger partial charge in [0.15, 0.2) is 0 Å². The van der Waals surface area contributed by atoms with Crippen molar-refractivity contribution in [2.45, 2.75) is 13.0 Å². The van der Waals surface area contributed by atoms with E-state index in [1.165, 1.54) is 6.07 Å². The number of aliphatic hydroxyl groups is 1. The first kappa shape index (κ1) is 14.5. The molecule has 1 atom stereocenters. The minimum Gasteiger partial charge on any atom is -0.392 e. The van der Waals surface area contributed by atoms with Crippen LogP contribution in [0.1, 0.15) is 17.3 Å². The van der Waals surface area contributed by atoms with Gasteiger partial charge in [-0.05, 0) is 25.1 Å². The molecule has 6 heteroatoms. The monoisotopic (exact) mass is 270 g/mol. The predicted molar refractivity (Wildman–Crippen MR) is 68.5 cm³/mol. The summed E-state index contributed by atoms with van der Waals surface area (Å²) in [6.45, 7) is 1.58. The van der Waals surface area contributed by atoms with Crippen LogP contribution in [-0.2, 0) is 4.79 Å². The summed E-state index contributed by atoms with van der Waals surface area (Å²) in [5.74, 6) is -0.726. The second-order valence-electron chi connectivity index (χ2n) is 3.85. The quantitative estimate of drug-likeness (QED) is 0.732. The van der Waals surface area contributed by atoms with Crippen molar-refractivity contribution in [3.8, 4) is 0 Å². The van der Waals surface area contributed by atoms with E-state index < -0.39 is 6.10 Å². The number of hydrogen-bond acceptors (Lipinski definition) is 3. The maximum atomic E-state index is 11.6. The van der Waals surface area contributed by atoms with Gasteiger partial charge in [-0.2, -0.15) is 0 Å². The van der Waals surface area contributed by atoms with Gasteiger partial charge in [0.2, 0.25) is 5.91 Å². The fourth-order valence-electron chi connectivity index (χ4n) is 1.22. The Morgan fingerprint density at radius 2 is 2.11 bits per heavy atom. The average molecular weight is 271 g/mol. The number of rotatable bonds is 5. The minimum absolute atomic E-state index is 0.141. The number of halogens is 1. The molecule has 0 aliphatic carbocycles. The van der Waals surface area contributed by atoms with Crippen molar-refractivity contribution < 1.29 is 14.7 Å². The highest BCUT2D eigenvalue weighted by Crippen LogP contribution is 2.10.